The van der Waals surface area contributed by atoms with Gasteiger partial charge in [-0.05, 0) is 30.7 Å². The number of aromatic amines is 1. The molecule has 4 aromatic heterocycles. The molecule has 0 fully saturated rings. The number of hydrogen-bond acceptors (Lipinski definition) is 2. The lowest BCUT2D eigenvalue weighted by atomic mass is 10.1. The molecule has 1 aromatic carbocycles. The van der Waals surface area contributed by atoms with Gasteiger partial charge in [-0.3, -0.25) is 4.98 Å². The van der Waals surface area contributed by atoms with Crippen LogP contribution in [-0.4, -0.2) is 15.0 Å². The molecule has 16 heavy (non-hydrogen) atoms. The van der Waals surface area contributed by atoms with Gasteiger partial charge in [-0.2, -0.15) is 0 Å². The molecule has 5 aromatic rings. The number of nitrogens with zero attached hydrogens (tertiary/aromatic N) is 2. The number of aromatic nitrogens is 3. The van der Waals surface area contributed by atoms with Crippen molar-refractivity contribution in [2.45, 2.75) is 6.92 Å². The van der Waals surface area contributed by atoms with Crippen molar-refractivity contribution in [1.29, 1.82) is 0 Å². The van der Waals surface area contributed by atoms with Crippen molar-refractivity contribution in [3.05, 3.63) is 36.0 Å². The maximum Gasteiger partial charge on any atom is 0.131 e. The lowest BCUT2D eigenvalue weighted by Gasteiger charge is -2.03. The van der Waals surface area contributed by atoms with Crippen LogP contribution < -0.4 is 0 Å². The predicted molar refractivity (Wildman–Crippen MR) is 64.8 cm³/mol. The Hall–Kier alpha value is -2.16. The Morgan fingerprint density at radius 3 is 3.00 bits per heavy atom. The number of fused-ring (bicyclic) bond motifs is 1. The van der Waals surface area contributed by atoms with E-state index in [1.165, 1.54) is 16.3 Å². The molecule has 0 saturated carbocycles. The average Bonchev–Trinajstić information content (AvgIpc) is 2.55. The summed E-state index contributed by atoms with van der Waals surface area (Å²) >= 11 is 0. The summed E-state index contributed by atoms with van der Waals surface area (Å²) in [6, 6.07) is 8.32. The van der Waals surface area contributed by atoms with Gasteiger partial charge in [0.05, 0.1) is 17.2 Å². The summed E-state index contributed by atoms with van der Waals surface area (Å²) in [6.07, 6.45) is 1.85. The van der Waals surface area contributed by atoms with Crippen molar-refractivity contribution in [2.24, 2.45) is 0 Å². The number of benzene rings is 1. The summed E-state index contributed by atoms with van der Waals surface area (Å²) in [4.78, 5) is 12.3. The molecule has 0 aliphatic carbocycles. The van der Waals surface area contributed by atoms with E-state index in [4.69, 9.17) is 0 Å². The molecule has 0 aliphatic rings. The molecule has 1 N–H and O–H groups in total. The van der Waals surface area contributed by atoms with Crippen LogP contribution in [0.4, 0.5) is 0 Å². The Bertz CT molecular complexity index is 814. The van der Waals surface area contributed by atoms with E-state index >= 15 is 0 Å². The Balaban J connectivity index is 2.56. The zero-order chi connectivity index (χ0) is 10.7. The quantitative estimate of drug-likeness (QED) is 0.450. The molecule has 0 aliphatic heterocycles. The summed E-state index contributed by atoms with van der Waals surface area (Å²) in [5.74, 6) is 0. The van der Waals surface area contributed by atoms with Crippen LogP contribution in [0.5, 0.6) is 0 Å². The zero-order valence-corrected chi connectivity index (χ0v) is 8.78. The second-order valence-corrected chi connectivity index (χ2v) is 4.17. The Kier molecular flexibility index (Phi) is 1.26. The van der Waals surface area contributed by atoms with E-state index in [0.29, 0.717) is 0 Å². The first-order valence-corrected chi connectivity index (χ1v) is 5.29. The minimum atomic E-state index is 0.889. The van der Waals surface area contributed by atoms with Crippen LogP contribution in [0, 0.1) is 6.92 Å². The van der Waals surface area contributed by atoms with Crippen LogP contribution in [0.1, 0.15) is 5.56 Å². The zero-order valence-electron chi connectivity index (χ0n) is 8.78. The molecular weight excluding hydrogens is 198 g/mol. The first kappa shape index (κ1) is 8.05. The van der Waals surface area contributed by atoms with Crippen LogP contribution in [0.15, 0.2) is 30.5 Å². The van der Waals surface area contributed by atoms with Crippen LogP contribution in [0.3, 0.4) is 0 Å². The number of pyridine rings is 2. The fourth-order valence-electron chi connectivity index (χ4n) is 2.36. The van der Waals surface area contributed by atoms with Crippen LogP contribution in [-0.2, 0) is 0 Å². The predicted octanol–water partition coefficient (Wildman–Crippen LogP) is 3.01. The van der Waals surface area contributed by atoms with Crippen molar-refractivity contribution in [3.63, 3.8) is 0 Å². The maximum atomic E-state index is 4.50. The first-order valence-electron chi connectivity index (χ1n) is 5.29. The van der Waals surface area contributed by atoms with Crippen molar-refractivity contribution < 1.29 is 0 Å². The van der Waals surface area contributed by atoms with Gasteiger partial charge >= 0.3 is 0 Å². The van der Waals surface area contributed by atoms with E-state index < -0.39 is 0 Å². The summed E-state index contributed by atoms with van der Waals surface area (Å²) in [7, 11) is 0. The van der Waals surface area contributed by atoms with E-state index in [1.54, 1.807) is 0 Å². The standard InChI is InChI=1S/C13H9N3/c1-7-2-4-9-12-8-3-5-11(15-9)16-10(8)6-14-13(7)12/h2-6H,1H3,(H,15,16). The third-order valence-electron chi connectivity index (χ3n) is 3.15. The summed E-state index contributed by atoms with van der Waals surface area (Å²) in [5.41, 5.74) is 5.22. The topological polar surface area (TPSA) is 41.6 Å². The van der Waals surface area contributed by atoms with Crippen molar-refractivity contribution in [3.8, 4) is 0 Å². The SMILES string of the molecule is Cc1ccc2[nH]c3ccc4c(cnc1c24)n3. The number of nitrogens with one attached hydrogen (secondary N) is 1. The molecule has 0 unspecified atom stereocenters. The smallest absolute Gasteiger partial charge is 0.131 e. The van der Waals surface area contributed by atoms with Gasteiger partial charge in [-0.15, -0.1) is 0 Å². The largest absolute Gasteiger partial charge is 0.340 e. The highest BCUT2D eigenvalue weighted by molar-refractivity contribution is 6.14. The minimum Gasteiger partial charge on any atom is -0.340 e. The van der Waals surface area contributed by atoms with E-state index in [0.717, 1.165) is 22.2 Å². The number of aryl methyl sites for hydroxylation is 1. The molecule has 0 saturated heterocycles. The van der Waals surface area contributed by atoms with Gasteiger partial charge in [0.25, 0.3) is 0 Å². The maximum absolute atomic E-state index is 4.50. The van der Waals surface area contributed by atoms with Gasteiger partial charge in [-0.25, -0.2) is 4.98 Å². The number of rotatable bonds is 0. The Labute approximate surface area is 91.5 Å². The number of hydrogen-bond donors (Lipinski definition) is 1. The molecule has 3 nitrogen and oxygen atoms in total. The summed E-state index contributed by atoms with van der Waals surface area (Å²) in [5, 5.41) is 2.36. The molecule has 76 valence electrons. The highest BCUT2D eigenvalue weighted by Gasteiger charge is 2.09. The molecular formula is C13H9N3. The molecule has 0 amide bonds. The summed E-state index contributed by atoms with van der Waals surface area (Å²) in [6.45, 7) is 2.09. The van der Waals surface area contributed by atoms with Gasteiger partial charge < -0.3 is 4.98 Å². The van der Waals surface area contributed by atoms with Gasteiger partial charge in [0.1, 0.15) is 5.65 Å². The highest BCUT2D eigenvalue weighted by atomic mass is 14.9. The van der Waals surface area contributed by atoms with E-state index in [1.807, 2.05) is 12.3 Å². The molecule has 3 heteroatoms. The fourth-order valence-corrected chi connectivity index (χ4v) is 2.36. The van der Waals surface area contributed by atoms with Crippen molar-refractivity contribution in [2.75, 3.05) is 0 Å². The Morgan fingerprint density at radius 1 is 1.12 bits per heavy atom. The van der Waals surface area contributed by atoms with Gasteiger partial charge in [0, 0.05) is 16.3 Å². The van der Waals surface area contributed by atoms with E-state index in [-0.39, 0.29) is 0 Å². The van der Waals surface area contributed by atoms with Crippen molar-refractivity contribution >= 4 is 33.0 Å². The monoisotopic (exact) mass is 207 g/mol. The van der Waals surface area contributed by atoms with Crippen LogP contribution in [0.25, 0.3) is 33.0 Å². The third kappa shape index (κ3) is 0.834. The Morgan fingerprint density at radius 2 is 2.06 bits per heavy atom. The van der Waals surface area contributed by atoms with Gasteiger partial charge in [0.15, 0.2) is 0 Å². The molecule has 0 radical (unpaired) electrons. The average molecular weight is 207 g/mol. The first-order chi connectivity index (χ1) is 7.83. The van der Waals surface area contributed by atoms with Crippen LogP contribution in [0.2, 0.25) is 0 Å². The van der Waals surface area contributed by atoms with Crippen LogP contribution >= 0.6 is 0 Å². The summed E-state index contributed by atoms with van der Waals surface area (Å²) < 4.78 is 0. The minimum absolute atomic E-state index is 0.889. The van der Waals surface area contributed by atoms with Gasteiger partial charge in [-0.1, -0.05) is 6.07 Å². The third-order valence-corrected chi connectivity index (χ3v) is 3.15. The van der Waals surface area contributed by atoms with E-state index in [2.05, 4.69) is 40.1 Å². The molecule has 4 bridgehead atoms. The lowest BCUT2D eigenvalue weighted by Crippen LogP contribution is -1.85. The van der Waals surface area contributed by atoms with Crippen molar-refractivity contribution in [1.82, 2.24) is 15.0 Å². The fraction of sp³-hybridized carbons (Fsp3) is 0.0769. The molecule has 4 heterocycles. The molecule has 0 spiro atoms. The lowest BCUT2D eigenvalue weighted by molar-refractivity contribution is 1.36. The number of H-pyrrole nitrogens is 1. The molecule has 5 rings (SSSR count). The normalized spacial score (nSPS) is 12.1. The second kappa shape index (κ2) is 2.50. The second-order valence-electron chi connectivity index (χ2n) is 4.17. The molecule has 0 atom stereocenters. The highest BCUT2D eigenvalue weighted by Crippen LogP contribution is 2.29. The van der Waals surface area contributed by atoms with E-state index in [9.17, 15) is 0 Å². The van der Waals surface area contributed by atoms with Gasteiger partial charge in [0.2, 0.25) is 0 Å².